The molecule has 0 amide bonds. The van der Waals surface area contributed by atoms with Crippen LogP contribution >= 0.6 is 0 Å². The first kappa shape index (κ1) is 84.0. The molecule has 0 aliphatic heterocycles. The van der Waals surface area contributed by atoms with Crippen molar-refractivity contribution in [1.82, 2.24) is 0 Å². The van der Waals surface area contributed by atoms with Gasteiger partial charge in [0.1, 0.15) is 0 Å². The monoisotopic (exact) mass is 1390 g/mol. The Morgan fingerprint density at radius 2 is 0.540 bits per heavy atom. The van der Waals surface area contributed by atoms with Crippen LogP contribution in [0.3, 0.4) is 0 Å². The van der Waals surface area contributed by atoms with Crippen LogP contribution in [0.25, 0.3) is 0 Å². The summed E-state index contributed by atoms with van der Waals surface area (Å²) >= 11 is 0. The van der Waals surface area contributed by atoms with Crippen LogP contribution in [0.1, 0.15) is 471 Å². The molecule has 18 aliphatic carbocycles. The van der Waals surface area contributed by atoms with Crippen molar-refractivity contribution in [1.29, 1.82) is 0 Å². The highest BCUT2D eigenvalue weighted by molar-refractivity contribution is 5.17. The van der Waals surface area contributed by atoms with Gasteiger partial charge in [-0.1, -0.05) is 253 Å². The maximum atomic E-state index is 2.59. The van der Waals surface area contributed by atoms with Gasteiger partial charge in [-0.15, -0.1) is 0 Å². The maximum absolute atomic E-state index is 2.59. The molecule has 8 atom stereocenters. The van der Waals surface area contributed by atoms with E-state index >= 15 is 0 Å². The molecule has 0 heteroatoms. The van der Waals surface area contributed by atoms with E-state index in [0.717, 1.165) is 104 Å². The van der Waals surface area contributed by atoms with Crippen LogP contribution in [0.15, 0.2) is 0 Å². The highest BCUT2D eigenvalue weighted by Crippen LogP contribution is 2.77. The average molecular weight is 1390 g/mol. The molecule has 18 saturated carbocycles. The van der Waals surface area contributed by atoms with E-state index in [1.54, 1.807) is 19.3 Å². The molecule has 0 saturated heterocycles. The fourth-order valence-corrected chi connectivity index (χ4v) is 35.0. The van der Waals surface area contributed by atoms with Crippen molar-refractivity contribution in [2.45, 2.75) is 471 Å². The third-order valence-electron chi connectivity index (χ3n) is 38.1. The van der Waals surface area contributed by atoms with Gasteiger partial charge in [0.2, 0.25) is 0 Å². The third-order valence-corrected chi connectivity index (χ3v) is 38.1. The molecule has 18 fully saturated rings. The topological polar surface area (TPSA) is 0 Å². The van der Waals surface area contributed by atoms with Crippen molar-refractivity contribution >= 4 is 0 Å². The number of rotatable bonds is 7. The van der Waals surface area contributed by atoms with E-state index in [9.17, 15) is 0 Å². The van der Waals surface area contributed by atoms with Crippen LogP contribution in [0.2, 0.25) is 0 Å². The highest BCUT2D eigenvalue weighted by atomic mass is 14.7. The molecule has 0 spiro atoms. The normalized spacial score (nSPS) is 50.9. The minimum atomic E-state index is 0. The molecule has 0 heterocycles. The van der Waals surface area contributed by atoms with E-state index < -0.39 is 0 Å². The lowest BCUT2D eigenvalue weighted by molar-refractivity contribution is -0.166. The van der Waals surface area contributed by atoms with Crippen LogP contribution in [0, 0.1) is 163 Å². The predicted octanol–water partition coefficient (Wildman–Crippen LogP) is 32.9. The summed E-state index contributed by atoms with van der Waals surface area (Å²) in [5, 5.41) is 0. The van der Waals surface area contributed by atoms with Gasteiger partial charge >= 0.3 is 0 Å². The SMILES string of the molecule is C.CC(C)C1(C)C2(C)CCCC1(C)CCC2.CC(C)C12CC3(C)CC1CC(C)(C3)C2.CC(C)C12CC3CC(C)(CC(C)(C3)C1)C2.CC(C)C12CCCC(C)(CCC1)C2.CC(C)C1C2(C)CCCC1(C)CCC2.CC(C)C1CC2(C)CCCC(C)(C1)C2.CC(C)C1CC2(C)CCCC(C)(C1)C2. The van der Waals surface area contributed by atoms with Crippen molar-refractivity contribution in [3.63, 3.8) is 0 Å². The summed E-state index contributed by atoms with van der Waals surface area (Å²) in [5.74, 6) is 11.3. The van der Waals surface area contributed by atoms with Gasteiger partial charge in [0.15, 0.2) is 0 Å². The quantitative estimate of drug-likeness (QED) is 0.238. The van der Waals surface area contributed by atoms with Gasteiger partial charge in [-0.3, -0.25) is 0 Å². The Kier molecular flexibility index (Phi) is 24.7. The lowest BCUT2D eigenvalue weighted by Gasteiger charge is -2.67. The standard InChI is InChI=1S/C15H26.C15H28.C14H24.3C14H26.C13H24.CH4/c1-11(2)15-7-12-5-13(3,9-15)8-14(4,6-12)10-15;1-12(2)15(5)13(3)8-6-10-14(15,4)11-7-9-13;1-10(2)14-8-12(3)5-11(14)6-13(4,7-12)9-14;1-11(2)12-13(3)7-5-9-14(12,4)10-6-8-13;2*1-11(2)12-8-13(3)6-5-7-14(4,9-12)10-13;1-11(2)13-8-4-6-12(3,10-13)7-5-9-13;/h11-12H,5-10H2,1-4H3;12H,6-11H2,1-5H3;10-11H,5-9H2,1-4H3;3*11-12H,5-10H2,1-4H3;11H,4-10H2,1-3H3;1H4. The second-order valence-corrected chi connectivity index (χ2v) is 50.1. The fourth-order valence-electron chi connectivity index (χ4n) is 35.0. The Balaban J connectivity index is 0.000000136. The molecule has 0 N–H and O–H groups in total. The van der Waals surface area contributed by atoms with Gasteiger partial charge in [0.25, 0.3) is 0 Å². The van der Waals surface area contributed by atoms with Gasteiger partial charge in [0.05, 0.1) is 0 Å². The smallest absolute Gasteiger partial charge is 0.0195 e. The Labute approximate surface area is 630 Å². The van der Waals surface area contributed by atoms with Crippen molar-refractivity contribution in [2.24, 2.45) is 163 Å². The van der Waals surface area contributed by atoms with Crippen LogP contribution in [0.5, 0.6) is 0 Å². The lowest BCUT2D eigenvalue weighted by Crippen LogP contribution is -2.57. The fraction of sp³-hybridized carbons (Fsp3) is 1.00. The summed E-state index contributed by atoms with van der Waals surface area (Å²) in [6.07, 6.45) is 63.1. The molecule has 0 aromatic carbocycles. The van der Waals surface area contributed by atoms with Crippen molar-refractivity contribution in [3.8, 4) is 0 Å². The van der Waals surface area contributed by atoms with Crippen molar-refractivity contribution in [3.05, 3.63) is 0 Å². The van der Waals surface area contributed by atoms with Gasteiger partial charge in [-0.05, 0) is 381 Å². The van der Waals surface area contributed by atoms with E-state index in [0.29, 0.717) is 59.6 Å². The zero-order valence-corrected chi connectivity index (χ0v) is 73.1. The minimum absolute atomic E-state index is 0. The summed E-state index contributed by atoms with van der Waals surface area (Å²) in [5.41, 5.74) is 11.7. The number of fused-ring (bicyclic) bond motifs is 10. The van der Waals surface area contributed by atoms with E-state index in [1.165, 1.54) is 250 Å². The third kappa shape index (κ3) is 16.7. The summed E-state index contributed by atoms with van der Waals surface area (Å²) in [4.78, 5) is 0. The van der Waals surface area contributed by atoms with Crippen molar-refractivity contribution in [2.75, 3.05) is 0 Å². The van der Waals surface area contributed by atoms with Gasteiger partial charge in [0, 0.05) is 0 Å². The Hall–Kier alpha value is 0. The van der Waals surface area contributed by atoms with Crippen LogP contribution in [0.4, 0.5) is 0 Å². The number of hydrogen-bond acceptors (Lipinski definition) is 0. The molecule has 100 heavy (non-hydrogen) atoms. The summed E-state index contributed by atoms with van der Waals surface area (Å²) in [7, 11) is 0. The van der Waals surface area contributed by atoms with E-state index in [2.05, 4.69) is 194 Å². The molecule has 584 valence electrons. The van der Waals surface area contributed by atoms with Crippen LogP contribution in [-0.4, -0.2) is 0 Å². The van der Waals surface area contributed by atoms with Gasteiger partial charge in [-0.2, -0.15) is 0 Å². The molecule has 18 aliphatic rings. The Bertz CT molecular complexity index is 2470. The lowest BCUT2D eigenvalue weighted by atomic mass is 9.38. The zero-order valence-electron chi connectivity index (χ0n) is 73.1. The molecular weight excluding hydrogens is 1200 g/mol. The molecule has 18 rings (SSSR count). The first-order chi connectivity index (χ1) is 45.5. The van der Waals surface area contributed by atoms with Crippen LogP contribution < -0.4 is 0 Å². The van der Waals surface area contributed by atoms with Crippen molar-refractivity contribution < 1.29 is 0 Å². The Morgan fingerprint density at radius 1 is 0.240 bits per heavy atom. The van der Waals surface area contributed by atoms with Crippen LogP contribution in [-0.2, 0) is 0 Å². The van der Waals surface area contributed by atoms with Gasteiger partial charge in [-0.25, -0.2) is 0 Å². The molecule has 0 radical (unpaired) electrons. The molecule has 0 nitrogen and oxygen atoms in total. The predicted molar refractivity (Wildman–Crippen MR) is 443 cm³/mol. The molecular formula is C100H184. The Morgan fingerprint density at radius 3 is 0.810 bits per heavy atom. The molecule has 8 unspecified atom stereocenters. The first-order valence-electron chi connectivity index (χ1n) is 45.5. The largest absolute Gasteiger partial charge is 0.0776 e. The molecule has 0 aromatic rings. The van der Waals surface area contributed by atoms with E-state index in [-0.39, 0.29) is 7.43 Å². The summed E-state index contributed by atoms with van der Waals surface area (Å²) in [6.45, 7) is 70.0. The number of hydrogen-bond donors (Lipinski definition) is 0. The first-order valence-corrected chi connectivity index (χ1v) is 45.5. The minimum Gasteiger partial charge on any atom is -0.0776 e. The second kappa shape index (κ2) is 29.3. The van der Waals surface area contributed by atoms with Gasteiger partial charge < -0.3 is 0 Å². The maximum Gasteiger partial charge on any atom is -0.0195 e. The summed E-state index contributed by atoms with van der Waals surface area (Å²) < 4.78 is 0. The summed E-state index contributed by atoms with van der Waals surface area (Å²) in [6, 6.07) is 0. The molecule has 0 aromatic heterocycles. The highest BCUT2D eigenvalue weighted by Gasteiger charge is 2.67. The zero-order chi connectivity index (χ0) is 73.1. The van der Waals surface area contributed by atoms with E-state index in [4.69, 9.17) is 0 Å². The molecule has 18 bridgehead atoms. The van der Waals surface area contributed by atoms with E-state index in [1.807, 2.05) is 0 Å². The average Bonchev–Trinajstić information content (AvgIpc) is 1.37. The second-order valence-electron chi connectivity index (χ2n) is 50.1.